The molecule has 0 bridgehead atoms. The Labute approximate surface area is 118 Å². The molecule has 0 aliphatic heterocycles. The van der Waals surface area contributed by atoms with Gasteiger partial charge in [0.1, 0.15) is 0 Å². The minimum Gasteiger partial charge on any atom is -0.481 e. The van der Waals surface area contributed by atoms with Crippen LogP contribution in [0.25, 0.3) is 0 Å². The van der Waals surface area contributed by atoms with Crippen LogP contribution in [0.5, 0.6) is 0 Å². The van der Waals surface area contributed by atoms with Gasteiger partial charge in [-0.2, -0.15) is 0 Å². The molecule has 7 heteroatoms. The maximum absolute atomic E-state index is 11.9. The Morgan fingerprint density at radius 3 is 2.45 bits per heavy atom. The lowest BCUT2D eigenvalue weighted by molar-refractivity contribution is -0.136. The third-order valence-electron chi connectivity index (χ3n) is 2.66. The van der Waals surface area contributed by atoms with Gasteiger partial charge in [0.15, 0.2) is 0 Å². The highest BCUT2D eigenvalue weighted by Gasteiger charge is 2.13. The second-order valence-electron chi connectivity index (χ2n) is 4.31. The molecule has 0 saturated carbocycles. The number of rotatable bonds is 9. The smallest absolute Gasteiger partial charge is 0.307 e. The zero-order valence-corrected chi connectivity index (χ0v) is 12.1. The number of benzene rings is 1. The molecule has 0 amide bonds. The van der Waals surface area contributed by atoms with Crippen LogP contribution in [0.1, 0.15) is 18.4 Å². The molecule has 1 rings (SSSR count). The Bertz CT molecular complexity index is 524. The summed E-state index contributed by atoms with van der Waals surface area (Å²) in [5.74, 6) is -0.947. The summed E-state index contributed by atoms with van der Waals surface area (Å²) in [5.41, 5.74) is 0.566. The van der Waals surface area contributed by atoms with Gasteiger partial charge >= 0.3 is 5.97 Å². The Morgan fingerprint density at radius 1 is 1.25 bits per heavy atom. The first-order valence-electron chi connectivity index (χ1n) is 6.25. The van der Waals surface area contributed by atoms with Crippen LogP contribution in [0.2, 0.25) is 0 Å². The molecule has 0 aliphatic carbocycles. The van der Waals surface area contributed by atoms with Crippen molar-refractivity contribution in [2.75, 3.05) is 20.3 Å². The topological polar surface area (TPSA) is 92.7 Å². The Kier molecular flexibility index (Phi) is 6.63. The van der Waals surface area contributed by atoms with Crippen LogP contribution in [0.15, 0.2) is 29.2 Å². The van der Waals surface area contributed by atoms with Crippen molar-refractivity contribution in [3.63, 3.8) is 0 Å². The lowest BCUT2D eigenvalue weighted by Gasteiger charge is -2.07. The van der Waals surface area contributed by atoms with Gasteiger partial charge in [0.2, 0.25) is 10.0 Å². The van der Waals surface area contributed by atoms with Crippen molar-refractivity contribution in [2.24, 2.45) is 0 Å². The van der Waals surface area contributed by atoms with E-state index in [2.05, 4.69) is 4.72 Å². The van der Waals surface area contributed by atoms with Gasteiger partial charge in [-0.15, -0.1) is 0 Å². The van der Waals surface area contributed by atoms with Crippen LogP contribution in [0.4, 0.5) is 0 Å². The number of methoxy groups -OCH3 is 1. The summed E-state index contributed by atoms with van der Waals surface area (Å²) < 4.78 is 31.3. The van der Waals surface area contributed by atoms with Crippen LogP contribution < -0.4 is 4.72 Å². The summed E-state index contributed by atoms with van der Waals surface area (Å²) in [6, 6.07) is 5.84. The predicted octanol–water partition coefficient (Wildman–Crippen LogP) is 1.02. The number of sulfonamides is 1. The number of carbonyl (C=O) groups is 1. The van der Waals surface area contributed by atoms with Crippen molar-refractivity contribution in [3.05, 3.63) is 29.8 Å². The van der Waals surface area contributed by atoms with Crippen molar-refractivity contribution in [1.82, 2.24) is 4.72 Å². The first kappa shape index (κ1) is 16.6. The van der Waals surface area contributed by atoms with E-state index in [1.165, 1.54) is 24.3 Å². The van der Waals surface area contributed by atoms with E-state index in [9.17, 15) is 13.2 Å². The molecular weight excluding hydrogens is 282 g/mol. The lowest BCUT2D eigenvalue weighted by atomic mass is 10.2. The van der Waals surface area contributed by atoms with E-state index in [4.69, 9.17) is 9.84 Å². The van der Waals surface area contributed by atoms with Crippen molar-refractivity contribution in [2.45, 2.75) is 24.2 Å². The SMILES string of the molecule is COCCCCNS(=O)(=O)c1ccc(CC(=O)O)cc1. The number of hydrogen-bond acceptors (Lipinski definition) is 4. The van der Waals surface area contributed by atoms with E-state index in [1.807, 2.05) is 0 Å². The number of carboxylic acids is 1. The highest BCUT2D eigenvalue weighted by molar-refractivity contribution is 7.89. The van der Waals surface area contributed by atoms with Crippen molar-refractivity contribution < 1.29 is 23.1 Å². The van der Waals surface area contributed by atoms with Crippen LogP contribution in [0, 0.1) is 0 Å². The number of carboxylic acid groups (broad SMARTS) is 1. The molecular formula is C13H19NO5S. The standard InChI is InChI=1S/C13H19NO5S/c1-19-9-3-2-8-14-20(17,18)12-6-4-11(5-7-12)10-13(15)16/h4-7,14H,2-3,8-10H2,1H3,(H,15,16). The van der Waals surface area contributed by atoms with E-state index >= 15 is 0 Å². The van der Waals surface area contributed by atoms with Crippen LogP contribution >= 0.6 is 0 Å². The summed E-state index contributed by atoms with van der Waals surface area (Å²) in [5, 5.41) is 8.64. The number of nitrogens with one attached hydrogen (secondary N) is 1. The molecule has 20 heavy (non-hydrogen) atoms. The van der Waals surface area contributed by atoms with Crippen molar-refractivity contribution in [3.8, 4) is 0 Å². The van der Waals surface area contributed by atoms with E-state index in [0.29, 0.717) is 25.1 Å². The molecule has 0 aromatic heterocycles. The molecule has 0 radical (unpaired) electrons. The molecule has 0 saturated heterocycles. The monoisotopic (exact) mass is 301 g/mol. The average molecular weight is 301 g/mol. The van der Waals surface area contributed by atoms with Crippen LogP contribution in [0.3, 0.4) is 0 Å². The fraction of sp³-hybridized carbons (Fsp3) is 0.462. The van der Waals surface area contributed by atoms with Gasteiger partial charge in [-0.3, -0.25) is 4.79 Å². The summed E-state index contributed by atoms with van der Waals surface area (Å²) in [6.45, 7) is 0.953. The molecule has 0 aliphatic rings. The van der Waals surface area contributed by atoms with Crippen LogP contribution in [-0.4, -0.2) is 39.8 Å². The molecule has 2 N–H and O–H groups in total. The molecule has 112 valence electrons. The van der Waals surface area contributed by atoms with Gasteiger partial charge in [-0.1, -0.05) is 12.1 Å². The van der Waals surface area contributed by atoms with Crippen molar-refractivity contribution >= 4 is 16.0 Å². The molecule has 6 nitrogen and oxygen atoms in total. The van der Waals surface area contributed by atoms with Gasteiger partial charge in [0.05, 0.1) is 11.3 Å². The maximum Gasteiger partial charge on any atom is 0.307 e. The van der Waals surface area contributed by atoms with Gasteiger partial charge in [-0.05, 0) is 30.5 Å². The Morgan fingerprint density at radius 2 is 1.90 bits per heavy atom. The molecule has 0 atom stereocenters. The van der Waals surface area contributed by atoms with E-state index in [1.54, 1.807) is 7.11 Å². The van der Waals surface area contributed by atoms with E-state index in [0.717, 1.165) is 6.42 Å². The molecule has 0 heterocycles. The number of hydrogen-bond donors (Lipinski definition) is 2. The first-order valence-corrected chi connectivity index (χ1v) is 7.73. The number of ether oxygens (including phenoxy) is 1. The van der Waals surface area contributed by atoms with E-state index < -0.39 is 16.0 Å². The second kappa shape index (κ2) is 7.98. The van der Waals surface area contributed by atoms with E-state index in [-0.39, 0.29) is 11.3 Å². The summed E-state index contributed by atoms with van der Waals surface area (Å²) in [7, 11) is -1.93. The van der Waals surface area contributed by atoms with Gasteiger partial charge in [0.25, 0.3) is 0 Å². The third-order valence-corrected chi connectivity index (χ3v) is 4.13. The van der Waals surface area contributed by atoms with Gasteiger partial charge < -0.3 is 9.84 Å². The fourth-order valence-electron chi connectivity index (χ4n) is 1.62. The van der Waals surface area contributed by atoms with Gasteiger partial charge in [0, 0.05) is 20.3 Å². The molecule has 0 unspecified atom stereocenters. The number of aliphatic carboxylic acids is 1. The summed E-state index contributed by atoms with van der Waals surface area (Å²) >= 11 is 0. The van der Waals surface area contributed by atoms with Crippen LogP contribution in [-0.2, 0) is 26.0 Å². The highest BCUT2D eigenvalue weighted by atomic mass is 32.2. The highest BCUT2D eigenvalue weighted by Crippen LogP contribution is 2.11. The summed E-state index contributed by atoms with van der Waals surface area (Å²) in [4.78, 5) is 10.7. The maximum atomic E-state index is 11.9. The molecule has 1 aromatic rings. The second-order valence-corrected chi connectivity index (χ2v) is 6.08. The minimum absolute atomic E-state index is 0.120. The predicted molar refractivity (Wildman–Crippen MR) is 74.1 cm³/mol. The Balaban J connectivity index is 2.56. The molecule has 0 fully saturated rings. The Hall–Kier alpha value is -1.44. The molecule has 1 aromatic carbocycles. The van der Waals surface area contributed by atoms with Crippen molar-refractivity contribution in [1.29, 1.82) is 0 Å². The fourth-order valence-corrected chi connectivity index (χ4v) is 2.70. The first-order chi connectivity index (χ1) is 9.45. The third kappa shape index (κ3) is 5.68. The number of unbranched alkanes of at least 4 members (excludes halogenated alkanes) is 1. The summed E-state index contributed by atoms with van der Waals surface area (Å²) in [6.07, 6.45) is 1.37. The zero-order valence-electron chi connectivity index (χ0n) is 11.3. The zero-order chi connectivity index (χ0) is 15.0. The average Bonchev–Trinajstić information content (AvgIpc) is 2.38. The quantitative estimate of drug-likeness (QED) is 0.664. The largest absolute Gasteiger partial charge is 0.481 e. The lowest BCUT2D eigenvalue weighted by Crippen LogP contribution is -2.25. The minimum atomic E-state index is -3.53. The van der Waals surface area contributed by atoms with Gasteiger partial charge in [-0.25, -0.2) is 13.1 Å². The normalized spacial score (nSPS) is 11.4. The molecule has 0 spiro atoms.